The van der Waals surface area contributed by atoms with Crippen LogP contribution in [0.4, 0.5) is 5.69 Å². The zero-order valence-electron chi connectivity index (χ0n) is 10.5. The summed E-state index contributed by atoms with van der Waals surface area (Å²) >= 11 is 0. The Balaban J connectivity index is 1.77. The molecule has 1 aromatic heterocycles. The number of nitrogen functional groups attached to an aromatic ring is 1. The molecule has 0 saturated carbocycles. The molecule has 0 aliphatic carbocycles. The van der Waals surface area contributed by atoms with Crippen LogP contribution in [0.25, 0.3) is 0 Å². The standard InChI is InChI=1S/C12H15N5O2/c1-17-8-15-11(16-17)6-14-12(18)7-19-10-5-3-2-4-9(10)13/h2-5,8H,6-7,13H2,1H3,(H,14,18). The van der Waals surface area contributed by atoms with E-state index in [0.717, 1.165) is 0 Å². The fourth-order valence-corrected chi connectivity index (χ4v) is 1.45. The van der Waals surface area contributed by atoms with E-state index in [-0.39, 0.29) is 19.1 Å². The van der Waals surface area contributed by atoms with E-state index in [0.29, 0.717) is 17.3 Å². The minimum absolute atomic E-state index is 0.0962. The van der Waals surface area contributed by atoms with E-state index < -0.39 is 0 Å². The predicted molar refractivity (Wildman–Crippen MR) is 69.2 cm³/mol. The normalized spacial score (nSPS) is 10.2. The number of anilines is 1. The largest absolute Gasteiger partial charge is 0.482 e. The topological polar surface area (TPSA) is 95.1 Å². The van der Waals surface area contributed by atoms with Crippen molar-refractivity contribution in [3.05, 3.63) is 36.4 Å². The Morgan fingerprint density at radius 3 is 2.95 bits per heavy atom. The van der Waals surface area contributed by atoms with Crippen LogP contribution in [0.2, 0.25) is 0 Å². The van der Waals surface area contributed by atoms with Crippen molar-refractivity contribution in [1.82, 2.24) is 20.1 Å². The van der Waals surface area contributed by atoms with E-state index in [9.17, 15) is 4.79 Å². The minimum atomic E-state index is -0.254. The Labute approximate surface area is 110 Å². The van der Waals surface area contributed by atoms with Gasteiger partial charge in [-0.3, -0.25) is 9.48 Å². The molecule has 2 aromatic rings. The predicted octanol–water partition coefficient (Wildman–Crippen LogP) is 0.0925. The number of carbonyl (C=O) groups excluding carboxylic acids is 1. The maximum atomic E-state index is 11.6. The summed E-state index contributed by atoms with van der Waals surface area (Å²) in [5.74, 6) is 0.791. The second kappa shape index (κ2) is 5.85. The lowest BCUT2D eigenvalue weighted by Crippen LogP contribution is -2.29. The summed E-state index contributed by atoms with van der Waals surface area (Å²) in [6.45, 7) is 0.175. The van der Waals surface area contributed by atoms with Gasteiger partial charge in [-0.05, 0) is 12.1 Å². The highest BCUT2D eigenvalue weighted by molar-refractivity contribution is 5.77. The van der Waals surface area contributed by atoms with Crippen LogP contribution in [0.1, 0.15) is 5.82 Å². The summed E-state index contributed by atoms with van der Waals surface area (Å²) < 4.78 is 6.88. The Morgan fingerprint density at radius 2 is 2.26 bits per heavy atom. The molecular weight excluding hydrogens is 246 g/mol. The molecule has 3 N–H and O–H groups in total. The Hall–Kier alpha value is -2.57. The van der Waals surface area contributed by atoms with Crippen molar-refractivity contribution >= 4 is 11.6 Å². The van der Waals surface area contributed by atoms with Gasteiger partial charge in [0.1, 0.15) is 12.1 Å². The average molecular weight is 261 g/mol. The molecule has 7 heteroatoms. The first-order valence-corrected chi connectivity index (χ1v) is 5.73. The monoisotopic (exact) mass is 261 g/mol. The van der Waals surface area contributed by atoms with Crippen molar-refractivity contribution in [2.75, 3.05) is 12.3 Å². The molecule has 19 heavy (non-hydrogen) atoms. The van der Waals surface area contributed by atoms with Gasteiger partial charge < -0.3 is 15.8 Å². The zero-order valence-corrected chi connectivity index (χ0v) is 10.5. The van der Waals surface area contributed by atoms with Crippen molar-refractivity contribution < 1.29 is 9.53 Å². The van der Waals surface area contributed by atoms with Gasteiger partial charge in [0.2, 0.25) is 0 Å². The van der Waals surface area contributed by atoms with Crippen LogP contribution in [-0.4, -0.2) is 27.3 Å². The number of nitrogens with two attached hydrogens (primary N) is 1. The average Bonchev–Trinajstić information content (AvgIpc) is 2.81. The van der Waals surface area contributed by atoms with Crippen LogP contribution in [-0.2, 0) is 18.4 Å². The molecule has 1 amide bonds. The number of benzene rings is 1. The second-order valence-corrected chi connectivity index (χ2v) is 3.94. The fourth-order valence-electron chi connectivity index (χ4n) is 1.45. The number of carbonyl (C=O) groups is 1. The highest BCUT2D eigenvalue weighted by Crippen LogP contribution is 2.19. The first-order chi connectivity index (χ1) is 9.15. The summed E-state index contributed by atoms with van der Waals surface area (Å²) in [7, 11) is 1.76. The van der Waals surface area contributed by atoms with Gasteiger partial charge >= 0.3 is 0 Å². The highest BCUT2D eigenvalue weighted by Gasteiger charge is 2.06. The number of nitrogens with one attached hydrogen (secondary N) is 1. The maximum Gasteiger partial charge on any atom is 0.258 e. The first-order valence-electron chi connectivity index (χ1n) is 5.73. The fraction of sp³-hybridized carbons (Fsp3) is 0.250. The zero-order chi connectivity index (χ0) is 13.7. The molecule has 0 bridgehead atoms. The number of ether oxygens (including phenoxy) is 1. The Bertz CT molecular complexity index is 567. The van der Waals surface area contributed by atoms with Gasteiger partial charge in [-0.25, -0.2) is 4.98 Å². The minimum Gasteiger partial charge on any atom is -0.482 e. The molecule has 7 nitrogen and oxygen atoms in total. The number of amides is 1. The third-order valence-corrected chi connectivity index (χ3v) is 2.37. The third-order valence-electron chi connectivity index (χ3n) is 2.37. The van der Waals surface area contributed by atoms with Gasteiger partial charge in [0.05, 0.1) is 12.2 Å². The lowest BCUT2D eigenvalue weighted by Gasteiger charge is -2.08. The van der Waals surface area contributed by atoms with Gasteiger partial charge in [0, 0.05) is 7.05 Å². The molecule has 2 rings (SSSR count). The summed E-state index contributed by atoms with van der Waals surface area (Å²) in [6, 6.07) is 7.02. The molecular formula is C12H15N5O2. The molecule has 0 aliphatic heterocycles. The summed E-state index contributed by atoms with van der Waals surface area (Å²) in [4.78, 5) is 15.6. The summed E-state index contributed by atoms with van der Waals surface area (Å²) in [5.41, 5.74) is 6.20. The number of hydrogen-bond acceptors (Lipinski definition) is 5. The van der Waals surface area contributed by atoms with Gasteiger partial charge in [0.15, 0.2) is 12.4 Å². The van der Waals surface area contributed by atoms with Crippen molar-refractivity contribution in [2.45, 2.75) is 6.54 Å². The van der Waals surface area contributed by atoms with Gasteiger partial charge in [-0.2, -0.15) is 5.10 Å². The van der Waals surface area contributed by atoms with E-state index in [2.05, 4.69) is 15.4 Å². The number of aryl methyl sites for hydroxylation is 1. The summed E-state index contributed by atoms with van der Waals surface area (Å²) in [6.07, 6.45) is 1.57. The van der Waals surface area contributed by atoms with Crippen molar-refractivity contribution in [1.29, 1.82) is 0 Å². The van der Waals surface area contributed by atoms with E-state index >= 15 is 0 Å². The van der Waals surface area contributed by atoms with Crippen molar-refractivity contribution in [3.63, 3.8) is 0 Å². The van der Waals surface area contributed by atoms with Crippen LogP contribution in [0, 0.1) is 0 Å². The SMILES string of the molecule is Cn1cnc(CNC(=O)COc2ccccc2N)n1. The number of para-hydroxylation sites is 2. The van der Waals surface area contributed by atoms with E-state index in [1.54, 1.807) is 42.3 Å². The lowest BCUT2D eigenvalue weighted by molar-refractivity contribution is -0.123. The molecule has 0 unspecified atom stereocenters. The van der Waals surface area contributed by atoms with Crippen LogP contribution in [0.15, 0.2) is 30.6 Å². The highest BCUT2D eigenvalue weighted by atomic mass is 16.5. The number of rotatable bonds is 5. The molecule has 0 spiro atoms. The van der Waals surface area contributed by atoms with Crippen molar-refractivity contribution in [3.8, 4) is 5.75 Å². The number of hydrogen-bond donors (Lipinski definition) is 2. The maximum absolute atomic E-state index is 11.6. The molecule has 0 aliphatic rings. The van der Waals surface area contributed by atoms with Gasteiger partial charge in [-0.15, -0.1) is 0 Å². The van der Waals surface area contributed by atoms with E-state index in [4.69, 9.17) is 10.5 Å². The molecule has 0 atom stereocenters. The van der Waals surface area contributed by atoms with Crippen molar-refractivity contribution in [2.24, 2.45) is 7.05 Å². The molecule has 0 saturated heterocycles. The molecule has 0 fully saturated rings. The molecule has 100 valence electrons. The van der Waals surface area contributed by atoms with Gasteiger partial charge in [-0.1, -0.05) is 12.1 Å². The van der Waals surface area contributed by atoms with Gasteiger partial charge in [0.25, 0.3) is 5.91 Å². The molecule has 1 heterocycles. The van der Waals surface area contributed by atoms with Crippen LogP contribution in [0.5, 0.6) is 5.75 Å². The Morgan fingerprint density at radius 1 is 1.47 bits per heavy atom. The second-order valence-electron chi connectivity index (χ2n) is 3.94. The first kappa shape index (κ1) is 12.9. The van der Waals surface area contributed by atoms with E-state index in [1.165, 1.54) is 0 Å². The number of nitrogens with zero attached hydrogens (tertiary/aromatic N) is 3. The quantitative estimate of drug-likeness (QED) is 0.744. The lowest BCUT2D eigenvalue weighted by atomic mass is 10.3. The Kier molecular flexibility index (Phi) is 3.97. The van der Waals surface area contributed by atoms with Crippen LogP contribution >= 0.6 is 0 Å². The number of aromatic nitrogens is 3. The molecule has 1 aromatic carbocycles. The molecule has 0 radical (unpaired) electrons. The summed E-state index contributed by atoms with van der Waals surface area (Å²) in [5, 5.41) is 6.70. The van der Waals surface area contributed by atoms with Crippen LogP contribution in [0.3, 0.4) is 0 Å². The van der Waals surface area contributed by atoms with E-state index in [1.807, 2.05) is 0 Å². The smallest absolute Gasteiger partial charge is 0.258 e. The van der Waals surface area contributed by atoms with Crippen LogP contribution < -0.4 is 15.8 Å². The third kappa shape index (κ3) is 3.70.